The third-order valence-electron chi connectivity index (χ3n) is 4.10. The van der Waals surface area contributed by atoms with Gasteiger partial charge in [0.15, 0.2) is 0 Å². The molecule has 7 heteroatoms. The molecule has 28 heavy (non-hydrogen) atoms. The van der Waals surface area contributed by atoms with Gasteiger partial charge in [-0.15, -0.1) is 12.4 Å². The fourth-order valence-corrected chi connectivity index (χ4v) is 2.87. The van der Waals surface area contributed by atoms with Crippen molar-refractivity contribution in [3.8, 4) is 5.82 Å². The third kappa shape index (κ3) is 3.92. The van der Waals surface area contributed by atoms with E-state index in [1.54, 1.807) is 24.4 Å². The van der Waals surface area contributed by atoms with Crippen molar-refractivity contribution in [3.05, 3.63) is 89.9 Å². The van der Waals surface area contributed by atoms with Gasteiger partial charge in [-0.3, -0.25) is 4.57 Å². The Morgan fingerprint density at radius 3 is 2.39 bits per heavy atom. The van der Waals surface area contributed by atoms with Crippen molar-refractivity contribution in [2.24, 2.45) is 0 Å². The van der Waals surface area contributed by atoms with Gasteiger partial charge >= 0.3 is 6.18 Å². The van der Waals surface area contributed by atoms with Crippen molar-refractivity contribution in [3.63, 3.8) is 0 Å². The van der Waals surface area contributed by atoms with Gasteiger partial charge in [-0.2, -0.15) is 13.2 Å². The highest BCUT2D eigenvalue weighted by molar-refractivity contribution is 5.85. The quantitative estimate of drug-likeness (QED) is 0.419. The number of imidazole rings is 1. The van der Waals surface area contributed by atoms with E-state index in [-0.39, 0.29) is 12.4 Å². The molecule has 0 aliphatic rings. The topological polar surface area (TPSA) is 30.7 Å². The Balaban J connectivity index is 0.00000225. The number of rotatable bonds is 3. The SMILES string of the molecule is Cl.FC(F)(F)c1cccc(C=Cc2nc3ccccc3n2-c2ccccn2)c1. The van der Waals surface area contributed by atoms with E-state index in [0.717, 1.165) is 23.2 Å². The van der Waals surface area contributed by atoms with Gasteiger partial charge in [-0.1, -0.05) is 36.4 Å². The van der Waals surface area contributed by atoms with E-state index in [4.69, 9.17) is 0 Å². The lowest BCUT2D eigenvalue weighted by molar-refractivity contribution is -0.137. The van der Waals surface area contributed by atoms with Crippen LogP contribution in [0.4, 0.5) is 13.2 Å². The molecular weight excluding hydrogens is 387 g/mol. The largest absolute Gasteiger partial charge is 0.416 e. The van der Waals surface area contributed by atoms with Crippen LogP contribution in [0.5, 0.6) is 0 Å². The highest BCUT2D eigenvalue weighted by Crippen LogP contribution is 2.30. The normalized spacial score (nSPS) is 11.7. The summed E-state index contributed by atoms with van der Waals surface area (Å²) in [4.78, 5) is 8.96. The molecule has 142 valence electrons. The van der Waals surface area contributed by atoms with Crippen LogP contribution in [0.15, 0.2) is 72.9 Å². The van der Waals surface area contributed by atoms with E-state index in [9.17, 15) is 13.2 Å². The fourth-order valence-electron chi connectivity index (χ4n) is 2.87. The van der Waals surface area contributed by atoms with Crippen molar-refractivity contribution in [2.75, 3.05) is 0 Å². The fraction of sp³-hybridized carbons (Fsp3) is 0.0476. The molecule has 0 spiro atoms. The summed E-state index contributed by atoms with van der Waals surface area (Å²) in [5, 5.41) is 0. The Morgan fingerprint density at radius 1 is 0.857 bits per heavy atom. The first-order valence-electron chi connectivity index (χ1n) is 8.26. The van der Waals surface area contributed by atoms with Crippen molar-refractivity contribution in [1.29, 1.82) is 0 Å². The van der Waals surface area contributed by atoms with E-state index >= 15 is 0 Å². The van der Waals surface area contributed by atoms with Crippen LogP contribution < -0.4 is 0 Å². The van der Waals surface area contributed by atoms with Crippen LogP contribution in [0.2, 0.25) is 0 Å². The highest BCUT2D eigenvalue weighted by atomic mass is 35.5. The summed E-state index contributed by atoms with van der Waals surface area (Å²) in [6.45, 7) is 0. The molecular formula is C21H15ClF3N3. The second-order valence-electron chi connectivity index (χ2n) is 5.94. The molecule has 0 atom stereocenters. The number of hydrogen-bond acceptors (Lipinski definition) is 2. The van der Waals surface area contributed by atoms with Crippen molar-refractivity contribution in [1.82, 2.24) is 14.5 Å². The molecule has 0 aliphatic carbocycles. The van der Waals surface area contributed by atoms with E-state index < -0.39 is 11.7 Å². The van der Waals surface area contributed by atoms with Gasteiger partial charge in [0.05, 0.1) is 16.6 Å². The van der Waals surface area contributed by atoms with Crippen molar-refractivity contribution >= 4 is 35.6 Å². The maximum atomic E-state index is 12.9. The molecule has 0 fully saturated rings. The molecule has 2 aromatic heterocycles. The van der Waals surface area contributed by atoms with Crippen LogP contribution in [0.3, 0.4) is 0 Å². The van der Waals surface area contributed by atoms with E-state index in [1.807, 2.05) is 47.0 Å². The average molecular weight is 402 g/mol. The zero-order valence-electron chi connectivity index (χ0n) is 14.5. The molecule has 2 heterocycles. The Bertz CT molecular complexity index is 1120. The second kappa shape index (κ2) is 7.86. The summed E-state index contributed by atoms with van der Waals surface area (Å²) < 4.78 is 40.6. The van der Waals surface area contributed by atoms with Gasteiger partial charge in [0.25, 0.3) is 0 Å². The standard InChI is InChI=1S/C21H14F3N3.ClH/c22-21(23,24)16-7-5-6-15(14-16)11-12-20-26-17-8-1-2-9-18(17)27(20)19-10-3-4-13-25-19;/h1-14H;1H. The number of benzene rings is 2. The molecule has 0 N–H and O–H groups in total. The maximum absolute atomic E-state index is 12.9. The van der Waals surface area contributed by atoms with Crippen LogP contribution in [-0.2, 0) is 6.18 Å². The summed E-state index contributed by atoms with van der Waals surface area (Å²) in [6.07, 6.45) is 0.634. The first kappa shape index (κ1) is 19.6. The predicted octanol–water partition coefficient (Wildman–Crippen LogP) is 6.03. The van der Waals surface area contributed by atoms with Crippen LogP contribution >= 0.6 is 12.4 Å². The zero-order valence-corrected chi connectivity index (χ0v) is 15.3. The Morgan fingerprint density at radius 2 is 1.64 bits per heavy atom. The van der Waals surface area contributed by atoms with E-state index in [0.29, 0.717) is 17.2 Å². The Hall–Kier alpha value is -3.12. The summed E-state index contributed by atoms with van der Waals surface area (Å²) in [7, 11) is 0. The van der Waals surface area contributed by atoms with Gasteiger partial charge in [-0.05, 0) is 48.0 Å². The highest BCUT2D eigenvalue weighted by Gasteiger charge is 2.30. The number of fused-ring (bicyclic) bond motifs is 1. The van der Waals surface area contributed by atoms with E-state index in [2.05, 4.69) is 9.97 Å². The van der Waals surface area contributed by atoms with Gasteiger partial charge in [0.2, 0.25) is 0 Å². The van der Waals surface area contributed by atoms with Crippen LogP contribution in [0.25, 0.3) is 29.0 Å². The van der Waals surface area contributed by atoms with Crippen molar-refractivity contribution in [2.45, 2.75) is 6.18 Å². The molecule has 0 unspecified atom stereocenters. The minimum Gasteiger partial charge on any atom is -0.277 e. The number of nitrogens with zero attached hydrogens (tertiary/aromatic N) is 3. The first-order valence-corrected chi connectivity index (χ1v) is 8.26. The summed E-state index contributed by atoms with van der Waals surface area (Å²) >= 11 is 0. The molecule has 0 bridgehead atoms. The number of alkyl halides is 3. The molecule has 3 nitrogen and oxygen atoms in total. The number of aromatic nitrogens is 3. The molecule has 0 saturated carbocycles. The van der Waals surface area contributed by atoms with Crippen LogP contribution in [-0.4, -0.2) is 14.5 Å². The van der Waals surface area contributed by atoms with Crippen molar-refractivity contribution < 1.29 is 13.2 Å². The van der Waals surface area contributed by atoms with Gasteiger partial charge in [-0.25, -0.2) is 9.97 Å². The molecule has 4 aromatic rings. The lowest BCUT2D eigenvalue weighted by atomic mass is 10.1. The lowest BCUT2D eigenvalue weighted by Gasteiger charge is -2.07. The van der Waals surface area contributed by atoms with Gasteiger partial charge in [0, 0.05) is 6.20 Å². The van der Waals surface area contributed by atoms with Gasteiger partial charge < -0.3 is 0 Å². The minimum atomic E-state index is -4.37. The smallest absolute Gasteiger partial charge is 0.277 e. The lowest BCUT2D eigenvalue weighted by Crippen LogP contribution is -2.04. The average Bonchev–Trinajstić information content (AvgIpc) is 3.05. The molecule has 0 radical (unpaired) electrons. The number of hydrogen-bond donors (Lipinski definition) is 0. The number of para-hydroxylation sites is 2. The number of halogens is 4. The Labute approximate surface area is 165 Å². The Kier molecular flexibility index (Phi) is 5.51. The van der Waals surface area contributed by atoms with Gasteiger partial charge in [0.1, 0.15) is 11.6 Å². The molecule has 4 rings (SSSR count). The second-order valence-corrected chi connectivity index (χ2v) is 5.94. The number of pyridine rings is 1. The third-order valence-corrected chi connectivity index (χ3v) is 4.10. The molecule has 0 aliphatic heterocycles. The summed E-state index contributed by atoms with van der Waals surface area (Å²) in [5.41, 5.74) is 1.43. The van der Waals surface area contributed by atoms with Crippen LogP contribution in [0.1, 0.15) is 17.0 Å². The maximum Gasteiger partial charge on any atom is 0.416 e. The minimum absolute atomic E-state index is 0. The zero-order chi connectivity index (χ0) is 18.9. The van der Waals surface area contributed by atoms with E-state index in [1.165, 1.54) is 6.07 Å². The summed E-state index contributed by atoms with van der Waals surface area (Å²) in [5.74, 6) is 1.28. The predicted molar refractivity (Wildman–Crippen MR) is 106 cm³/mol. The molecule has 0 saturated heterocycles. The first-order chi connectivity index (χ1) is 13.0. The van der Waals surface area contributed by atoms with Crippen LogP contribution in [0, 0.1) is 0 Å². The molecule has 0 amide bonds. The monoisotopic (exact) mass is 401 g/mol. The summed E-state index contributed by atoms with van der Waals surface area (Å²) in [6, 6.07) is 18.3. The molecule has 2 aromatic carbocycles.